The second-order valence-electron chi connectivity index (χ2n) is 4.58. The molecule has 5 nitrogen and oxygen atoms in total. The maximum Gasteiger partial charge on any atom is 0.252 e. The topological polar surface area (TPSA) is 91.2 Å². The molecule has 1 amide bonds. The van der Waals surface area contributed by atoms with Gasteiger partial charge in [0.1, 0.15) is 12.4 Å². The Morgan fingerprint density at radius 1 is 1.30 bits per heavy atom. The number of carbonyl (C=O) groups excluding carboxylic acids is 1. The van der Waals surface area contributed by atoms with Crippen LogP contribution in [0.3, 0.4) is 0 Å². The van der Waals surface area contributed by atoms with Gasteiger partial charge in [-0.15, -0.1) is 0 Å². The molecule has 2 aromatic rings. The fourth-order valence-electron chi connectivity index (χ4n) is 1.88. The van der Waals surface area contributed by atoms with Gasteiger partial charge in [-0.1, -0.05) is 12.1 Å². The molecule has 0 aliphatic carbocycles. The van der Waals surface area contributed by atoms with Gasteiger partial charge in [0.2, 0.25) is 0 Å². The number of pyridine rings is 1. The van der Waals surface area contributed by atoms with E-state index in [1.807, 2.05) is 13.8 Å². The quantitative estimate of drug-likeness (QED) is 0.889. The van der Waals surface area contributed by atoms with E-state index in [1.54, 1.807) is 30.5 Å². The Morgan fingerprint density at radius 3 is 2.70 bits per heavy atom. The molecule has 0 saturated heterocycles. The number of nitrogen functional groups attached to an aromatic ring is 1. The van der Waals surface area contributed by atoms with E-state index >= 15 is 0 Å². The van der Waals surface area contributed by atoms with E-state index in [1.165, 1.54) is 0 Å². The zero-order valence-corrected chi connectivity index (χ0v) is 11.5. The summed E-state index contributed by atoms with van der Waals surface area (Å²) in [5.41, 5.74) is 14.9. The number of nitrogens with two attached hydrogens (primary N) is 2. The van der Waals surface area contributed by atoms with Crippen LogP contribution >= 0.6 is 0 Å². The number of para-hydroxylation sites is 1. The zero-order valence-electron chi connectivity index (χ0n) is 11.5. The normalized spacial score (nSPS) is 10.3. The maximum absolute atomic E-state index is 11.3. The van der Waals surface area contributed by atoms with Crippen molar-refractivity contribution in [2.75, 3.05) is 5.73 Å². The molecule has 0 aliphatic heterocycles. The van der Waals surface area contributed by atoms with Crippen LogP contribution in [-0.4, -0.2) is 10.9 Å². The Hall–Kier alpha value is -2.56. The molecular formula is C15H17N3O2. The van der Waals surface area contributed by atoms with Crippen LogP contribution < -0.4 is 16.2 Å². The lowest BCUT2D eigenvalue weighted by Gasteiger charge is -2.12. The molecule has 1 aromatic carbocycles. The van der Waals surface area contributed by atoms with Crippen molar-refractivity contribution in [2.24, 2.45) is 5.73 Å². The lowest BCUT2D eigenvalue weighted by molar-refractivity contribution is 0.0996. The standard InChI is InChI=1S/C15H17N3O2/c1-9-7-18-12(10(2)14(9)16)8-20-13-6-4-3-5-11(13)15(17)19/h3-7H,8H2,1-2H3,(H2,16,18)(H2,17,19). The van der Waals surface area contributed by atoms with Crippen molar-refractivity contribution in [3.05, 3.63) is 52.8 Å². The number of primary amides is 1. The molecule has 5 heteroatoms. The fraction of sp³-hybridized carbons (Fsp3) is 0.200. The van der Waals surface area contributed by atoms with Crippen LogP contribution in [0.5, 0.6) is 5.75 Å². The van der Waals surface area contributed by atoms with E-state index in [2.05, 4.69) is 4.98 Å². The monoisotopic (exact) mass is 271 g/mol. The van der Waals surface area contributed by atoms with E-state index < -0.39 is 5.91 Å². The fourth-order valence-corrected chi connectivity index (χ4v) is 1.88. The minimum atomic E-state index is -0.520. The van der Waals surface area contributed by atoms with Gasteiger partial charge in [-0.2, -0.15) is 0 Å². The van der Waals surface area contributed by atoms with E-state index in [0.717, 1.165) is 16.8 Å². The summed E-state index contributed by atoms with van der Waals surface area (Å²) < 4.78 is 5.64. The Morgan fingerprint density at radius 2 is 2.00 bits per heavy atom. The van der Waals surface area contributed by atoms with Crippen molar-refractivity contribution in [3.63, 3.8) is 0 Å². The summed E-state index contributed by atoms with van der Waals surface area (Å²) in [6.07, 6.45) is 1.71. The Bertz CT molecular complexity index is 654. The van der Waals surface area contributed by atoms with Crippen molar-refractivity contribution in [1.82, 2.24) is 4.98 Å². The van der Waals surface area contributed by atoms with Gasteiger partial charge in [-0.3, -0.25) is 9.78 Å². The molecule has 0 bridgehead atoms. The number of hydrogen-bond donors (Lipinski definition) is 2. The number of nitrogens with zero attached hydrogens (tertiary/aromatic N) is 1. The summed E-state index contributed by atoms with van der Waals surface area (Å²) >= 11 is 0. The molecular weight excluding hydrogens is 254 g/mol. The lowest BCUT2D eigenvalue weighted by atomic mass is 10.1. The Labute approximate surface area is 117 Å². The van der Waals surface area contributed by atoms with Crippen molar-refractivity contribution >= 4 is 11.6 Å². The van der Waals surface area contributed by atoms with Gasteiger partial charge in [-0.05, 0) is 37.1 Å². The zero-order chi connectivity index (χ0) is 14.7. The molecule has 0 unspecified atom stereocenters. The van der Waals surface area contributed by atoms with E-state index in [9.17, 15) is 4.79 Å². The number of ether oxygens (including phenoxy) is 1. The Balaban J connectivity index is 2.22. The molecule has 1 aromatic heterocycles. The second kappa shape index (κ2) is 5.61. The third-order valence-corrected chi connectivity index (χ3v) is 3.19. The number of rotatable bonds is 4. The molecule has 2 rings (SSSR count). The number of hydrogen-bond acceptors (Lipinski definition) is 4. The van der Waals surface area contributed by atoms with Crippen LogP contribution in [0.4, 0.5) is 5.69 Å². The first-order chi connectivity index (χ1) is 9.50. The van der Waals surface area contributed by atoms with Crippen molar-refractivity contribution in [2.45, 2.75) is 20.5 Å². The average molecular weight is 271 g/mol. The van der Waals surface area contributed by atoms with Crippen LogP contribution in [0.15, 0.2) is 30.5 Å². The average Bonchev–Trinajstić information content (AvgIpc) is 2.44. The predicted octanol–water partition coefficient (Wildman–Crippen LogP) is 1.96. The predicted molar refractivity (Wildman–Crippen MR) is 77.4 cm³/mol. The van der Waals surface area contributed by atoms with Crippen molar-refractivity contribution in [3.8, 4) is 5.75 Å². The molecule has 0 radical (unpaired) electrons. The molecule has 4 N–H and O–H groups in total. The highest BCUT2D eigenvalue weighted by Crippen LogP contribution is 2.22. The van der Waals surface area contributed by atoms with Gasteiger partial charge in [0.25, 0.3) is 5.91 Å². The Kier molecular flexibility index (Phi) is 3.89. The van der Waals surface area contributed by atoms with E-state index in [4.69, 9.17) is 16.2 Å². The SMILES string of the molecule is Cc1cnc(COc2ccccc2C(N)=O)c(C)c1N. The highest BCUT2D eigenvalue weighted by atomic mass is 16.5. The molecule has 0 fully saturated rings. The second-order valence-corrected chi connectivity index (χ2v) is 4.58. The number of amides is 1. The van der Waals surface area contributed by atoms with E-state index in [-0.39, 0.29) is 6.61 Å². The van der Waals surface area contributed by atoms with Gasteiger partial charge >= 0.3 is 0 Å². The molecule has 1 heterocycles. The number of carbonyl (C=O) groups is 1. The molecule has 104 valence electrons. The third-order valence-electron chi connectivity index (χ3n) is 3.19. The van der Waals surface area contributed by atoms with Crippen LogP contribution in [0.2, 0.25) is 0 Å². The van der Waals surface area contributed by atoms with Crippen LogP contribution in [0, 0.1) is 13.8 Å². The first kappa shape index (κ1) is 13.9. The molecule has 0 atom stereocenters. The summed E-state index contributed by atoms with van der Waals surface area (Å²) in [6.45, 7) is 4.04. The first-order valence-electron chi connectivity index (χ1n) is 6.23. The highest BCUT2D eigenvalue weighted by molar-refractivity contribution is 5.95. The van der Waals surface area contributed by atoms with Crippen LogP contribution in [0.1, 0.15) is 27.2 Å². The van der Waals surface area contributed by atoms with Crippen LogP contribution in [0.25, 0.3) is 0 Å². The van der Waals surface area contributed by atoms with Crippen LogP contribution in [-0.2, 0) is 6.61 Å². The number of anilines is 1. The van der Waals surface area contributed by atoms with Gasteiger partial charge in [-0.25, -0.2) is 0 Å². The van der Waals surface area contributed by atoms with Gasteiger partial charge < -0.3 is 16.2 Å². The molecule has 20 heavy (non-hydrogen) atoms. The summed E-state index contributed by atoms with van der Waals surface area (Å²) in [5.74, 6) is -0.0750. The summed E-state index contributed by atoms with van der Waals surface area (Å²) in [4.78, 5) is 15.6. The number of aryl methyl sites for hydroxylation is 1. The highest BCUT2D eigenvalue weighted by Gasteiger charge is 2.11. The minimum Gasteiger partial charge on any atom is -0.486 e. The van der Waals surface area contributed by atoms with Gasteiger partial charge in [0, 0.05) is 11.9 Å². The summed E-state index contributed by atoms with van der Waals surface area (Å²) in [6, 6.07) is 6.85. The molecule has 0 saturated carbocycles. The largest absolute Gasteiger partial charge is 0.486 e. The summed E-state index contributed by atoms with van der Waals surface area (Å²) in [7, 11) is 0. The minimum absolute atomic E-state index is 0.237. The maximum atomic E-state index is 11.3. The number of aromatic nitrogens is 1. The number of benzene rings is 1. The summed E-state index contributed by atoms with van der Waals surface area (Å²) in [5, 5.41) is 0. The first-order valence-corrected chi connectivity index (χ1v) is 6.23. The van der Waals surface area contributed by atoms with Crippen molar-refractivity contribution < 1.29 is 9.53 Å². The smallest absolute Gasteiger partial charge is 0.252 e. The third kappa shape index (κ3) is 2.71. The van der Waals surface area contributed by atoms with Crippen molar-refractivity contribution in [1.29, 1.82) is 0 Å². The van der Waals surface area contributed by atoms with Gasteiger partial charge in [0.15, 0.2) is 0 Å². The lowest BCUT2D eigenvalue weighted by Crippen LogP contribution is -2.13. The van der Waals surface area contributed by atoms with E-state index in [0.29, 0.717) is 17.0 Å². The molecule has 0 aliphatic rings. The molecule has 0 spiro atoms. The van der Waals surface area contributed by atoms with Gasteiger partial charge in [0.05, 0.1) is 11.3 Å².